The number of rotatable bonds is 6. The molecule has 0 saturated carbocycles. The molecule has 19 heavy (non-hydrogen) atoms. The number of anilines is 1. The molecule has 3 heteroatoms. The highest BCUT2D eigenvalue weighted by atomic mass is 16.5. The predicted octanol–water partition coefficient (Wildman–Crippen LogP) is 3.18. The number of piperidine rings is 1. The van der Waals surface area contributed by atoms with Crippen molar-refractivity contribution >= 4 is 5.69 Å². The Balaban J connectivity index is 1.90. The fraction of sp³-hybridized carbons (Fsp3) is 0.625. The third kappa shape index (κ3) is 4.43. The van der Waals surface area contributed by atoms with Crippen LogP contribution < -0.4 is 15.4 Å². The third-order valence-electron chi connectivity index (χ3n) is 3.66. The molecule has 106 valence electrons. The van der Waals surface area contributed by atoms with Crippen molar-refractivity contribution in [3.8, 4) is 5.75 Å². The number of ether oxygens (including phenoxy) is 1. The van der Waals surface area contributed by atoms with Crippen molar-refractivity contribution in [2.24, 2.45) is 5.73 Å². The molecule has 0 radical (unpaired) electrons. The molecule has 2 N–H and O–H groups in total. The van der Waals surface area contributed by atoms with Crippen LogP contribution in [0.15, 0.2) is 24.3 Å². The zero-order valence-electron chi connectivity index (χ0n) is 12.0. The van der Waals surface area contributed by atoms with Crippen molar-refractivity contribution in [1.82, 2.24) is 0 Å². The van der Waals surface area contributed by atoms with Gasteiger partial charge in [0.15, 0.2) is 0 Å². The molecule has 0 aliphatic carbocycles. The predicted molar refractivity (Wildman–Crippen MR) is 80.9 cm³/mol. The molecular weight excluding hydrogens is 236 g/mol. The first-order valence-electron chi connectivity index (χ1n) is 7.53. The first-order valence-corrected chi connectivity index (χ1v) is 7.53. The minimum atomic E-state index is 0.308. The van der Waals surface area contributed by atoms with Crippen LogP contribution >= 0.6 is 0 Å². The van der Waals surface area contributed by atoms with Gasteiger partial charge >= 0.3 is 0 Å². The number of hydrogen-bond donors (Lipinski definition) is 1. The first-order chi connectivity index (χ1) is 9.29. The van der Waals surface area contributed by atoms with Gasteiger partial charge in [0.1, 0.15) is 5.75 Å². The second-order valence-corrected chi connectivity index (χ2v) is 5.40. The summed E-state index contributed by atoms with van der Waals surface area (Å²) in [7, 11) is 0. The summed E-state index contributed by atoms with van der Waals surface area (Å²) in [6.45, 7) is 5.09. The fourth-order valence-electron chi connectivity index (χ4n) is 2.56. The largest absolute Gasteiger partial charge is 0.494 e. The second kappa shape index (κ2) is 7.39. The van der Waals surface area contributed by atoms with Crippen LogP contribution in [0.5, 0.6) is 5.75 Å². The standard InChI is InChI=1S/C16H26N2O/c1-2-3-4-11-19-16-9-5-8-15(12-16)18-10-6-7-14(17)13-18/h5,8-9,12,14H,2-4,6-7,10-11,13,17H2,1H3. The average molecular weight is 262 g/mol. The zero-order chi connectivity index (χ0) is 13.5. The lowest BCUT2D eigenvalue weighted by atomic mass is 10.1. The van der Waals surface area contributed by atoms with Crippen molar-refractivity contribution in [2.75, 3.05) is 24.6 Å². The Morgan fingerprint density at radius 3 is 3.05 bits per heavy atom. The first kappa shape index (κ1) is 14.2. The molecule has 1 aromatic carbocycles. The van der Waals surface area contributed by atoms with Crippen LogP contribution in [0.25, 0.3) is 0 Å². The molecule has 1 atom stereocenters. The molecule has 0 aromatic heterocycles. The zero-order valence-corrected chi connectivity index (χ0v) is 12.0. The summed E-state index contributed by atoms with van der Waals surface area (Å²) in [6.07, 6.45) is 5.93. The van der Waals surface area contributed by atoms with E-state index < -0.39 is 0 Å². The normalized spacial score (nSPS) is 19.5. The molecule has 2 rings (SSSR count). The van der Waals surface area contributed by atoms with E-state index in [-0.39, 0.29) is 0 Å². The molecule has 1 saturated heterocycles. The van der Waals surface area contributed by atoms with Gasteiger partial charge in [-0.15, -0.1) is 0 Å². The topological polar surface area (TPSA) is 38.5 Å². The maximum absolute atomic E-state index is 6.04. The summed E-state index contributed by atoms with van der Waals surface area (Å²) < 4.78 is 5.81. The SMILES string of the molecule is CCCCCOc1cccc(N2CCCC(N)C2)c1. The van der Waals surface area contributed by atoms with Gasteiger partial charge in [0.05, 0.1) is 6.61 Å². The summed E-state index contributed by atoms with van der Waals surface area (Å²) in [4.78, 5) is 2.37. The monoisotopic (exact) mass is 262 g/mol. The van der Waals surface area contributed by atoms with E-state index in [1.165, 1.54) is 24.9 Å². The van der Waals surface area contributed by atoms with Crippen molar-refractivity contribution < 1.29 is 4.74 Å². The highest BCUT2D eigenvalue weighted by Gasteiger charge is 2.17. The van der Waals surface area contributed by atoms with E-state index in [0.717, 1.165) is 38.3 Å². The minimum Gasteiger partial charge on any atom is -0.494 e. The van der Waals surface area contributed by atoms with Gasteiger partial charge in [0.2, 0.25) is 0 Å². The Bertz CT molecular complexity index is 381. The highest BCUT2D eigenvalue weighted by molar-refractivity contribution is 5.51. The van der Waals surface area contributed by atoms with Crippen LogP contribution in [0, 0.1) is 0 Å². The molecular formula is C16H26N2O. The number of hydrogen-bond acceptors (Lipinski definition) is 3. The highest BCUT2D eigenvalue weighted by Crippen LogP contribution is 2.24. The van der Waals surface area contributed by atoms with Gasteiger partial charge in [-0.2, -0.15) is 0 Å². The molecule has 1 unspecified atom stereocenters. The van der Waals surface area contributed by atoms with Gasteiger partial charge in [-0.05, 0) is 31.4 Å². The summed E-state index contributed by atoms with van der Waals surface area (Å²) in [5, 5.41) is 0. The molecule has 1 heterocycles. The lowest BCUT2D eigenvalue weighted by Gasteiger charge is -2.32. The maximum atomic E-state index is 6.04. The Hall–Kier alpha value is -1.22. The Kier molecular flexibility index (Phi) is 5.52. The Morgan fingerprint density at radius 1 is 1.37 bits per heavy atom. The molecule has 0 bridgehead atoms. The van der Waals surface area contributed by atoms with Gasteiger partial charge in [0.25, 0.3) is 0 Å². The van der Waals surface area contributed by atoms with Gasteiger partial charge in [-0.25, -0.2) is 0 Å². The van der Waals surface area contributed by atoms with E-state index in [1.54, 1.807) is 0 Å². The molecule has 1 aliphatic heterocycles. The summed E-state index contributed by atoms with van der Waals surface area (Å²) in [5.74, 6) is 0.979. The van der Waals surface area contributed by atoms with E-state index in [2.05, 4.69) is 30.0 Å². The average Bonchev–Trinajstić information content (AvgIpc) is 2.44. The van der Waals surface area contributed by atoms with Crippen LogP contribution in [-0.4, -0.2) is 25.7 Å². The van der Waals surface area contributed by atoms with Crippen molar-refractivity contribution in [2.45, 2.75) is 45.1 Å². The van der Waals surface area contributed by atoms with Crippen LogP contribution in [0.4, 0.5) is 5.69 Å². The van der Waals surface area contributed by atoms with E-state index >= 15 is 0 Å². The summed E-state index contributed by atoms with van der Waals surface area (Å²) in [5.41, 5.74) is 7.28. The lowest BCUT2D eigenvalue weighted by molar-refractivity contribution is 0.306. The fourth-order valence-corrected chi connectivity index (χ4v) is 2.56. The van der Waals surface area contributed by atoms with Crippen molar-refractivity contribution in [3.05, 3.63) is 24.3 Å². The lowest BCUT2D eigenvalue weighted by Crippen LogP contribution is -2.42. The van der Waals surface area contributed by atoms with Gasteiger partial charge < -0.3 is 15.4 Å². The van der Waals surface area contributed by atoms with Crippen LogP contribution in [0.1, 0.15) is 39.0 Å². The van der Waals surface area contributed by atoms with Gasteiger partial charge in [-0.3, -0.25) is 0 Å². The molecule has 0 spiro atoms. The van der Waals surface area contributed by atoms with Crippen LogP contribution in [0.2, 0.25) is 0 Å². The third-order valence-corrected chi connectivity index (χ3v) is 3.66. The number of nitrogens with zero attached hydrogens (tertiary/aromatic N) is 1. The van der Waals surface area contributed by atoms with Crippen LogP contribution in [-0.2, 0) is 0 Å². The number of benzene rings is 1. The Morgan fingerprint density at radius 2 is 2.26 bits per heavy atom. The van der Waals surface area contributed by atoms with Gasteiger partial charge in [-0.1, -0.05) is 25.8 Å². The summed E-state index contributed by atoms with van der Waals surface area (Å²) >= 11 is 0. The molecule has 0 amide bonds. The molecule has 1 aliphatic rings. The molecule has 3 nitrogen and oxygen atoms in total. The van der Waals surface area contributed by atoms with Crippen molar-refractivity contribution in [3.63, 3.8) is 0 Å². The quantitative estimate of drug-likeness (QED) is 0.800. The van der Waals surface area contributed by atoms with E-state index in [1.807, 2.05) is 6.07 Å². The second-order valence-electron chi connectivity index (χ2n) is 5.40. The van der Waals surface area contributed by atoms with Crippen LogP contribution in [0.3, 0.4) is 0 Å². The summed E-state index contributed by atoms with van der Waals surface area (Å²) in [6, 6.07) is 8.72. The van der Waals surface area contributed by atoms with Gasteiger partial charge in [0, 0.05) is 30.9 Å². The van der Waals surface area contributed by atoms with E-state index in [4.69, 9.17) is 10.5 Å². The maximum Gasteiger partial charge on any atom is 0.121 e. The number of unbranched alkanes of at least 4 members (excludes halogenated alkanes) is 2. The number of nitrogens with two attached hydrogens (primary N) is 1. The molecule has 1 fully saturated rings. The van der Waals surface area contributed by atoms with Crippen molar-refractivity contribution in [1.29, 1.82) is 0 Å². The van der Waals surface area contributed by atoms with E-state index in [9.17, 15) is 0 Å². The smallest absolute Gasteiger partial charge is 0.121 e. The van der Waals surface area contributed by atoms with E-state index in [0.29, 0.717) is 6.04 Å². The Labute approximate surface area is 116 Å². The minimum absolute atomic E-state index is 0.308. The molecule has 1 aromatic rings.